The van der Waals surface area contributed by atoms with Gasteiger partial charge in [0.1, 0.15) is 0 Å². The zero-order chi connectivity index (χ0) is 11.8. The number of hydrogen-bond acceptors (Lipinski definition) is 3. The van der Waals surface area contributed by atoms with Gasteiger partial charge in [0.25, 0.3) is 0 Å². The highest BCUT2D eigenvalue weighted by Gasteiger charge is 2.46. The summed E-state index contributed by atoms with van der Waals surface area (Å²) in [6.07, 6.45) is 0. The van der Waals surface area contributed by atoms with Crippen molar-refractivity contribution in [2.24, 2.45) is 0 Å². The minimum absolute atomic E-state index is 0.109. The van der Waals surface area contributed by atoms with E-state index < -0.39 is 0 Å². The maximum absolute atomic E-state index is 12.0. The Balaban J connectivity index is 1.92. The average molecular weight is 235 g/mol. The molecule has 86 valence electrons. The lowest BCUT2D eigenvalue weighted by molar-refractivity contribution is -0.111. The summed E-state index contributed by atoms with van der Waals surface area (Å²) in [6, 6.07) is 9.96. The van der Waals surface area contributed by atoms with Gasteiger partial charge >= 0.3 is 0 Å². The van der Waals surface area contributed by atoms with Gasteiger partial charge in [-0.3, -0.25) is 9.69 Å². The van der Waals surface area contributed by atoms with Crippen LogP contribution in [-0.2, 0) is 4.79 Å². The minimum atomic E-state index is 0.109. The topological polar surface area (TPSA) is 20.1 Å². The van der Waals surface area contributed by atoms with E-state index in [1.165, 1.54) is 11.8 Å². The quantitative estimate of drug-likeness (QED) is 0.580. The molecule has 0 aromatic heterocycles. The second kappa shape index (κ2) is 4.22. The molecule has 0 bridgehead atoms. The first-order valence-electron chi connectivity index (χ1n) is 5.52. The fourth-order valence-electron chi connectivity index (χ4n) is 1.76. The highest BCUT2D eigenvalue weighted by atomic mass is 32.2. The van der Waals surface area contributed by atoms with E-state index in [4.69, 9.17) is 0 Å². The summed E-state index contributed by atoms with van der Waals surface area (Å²) in [7, 11) is 0. The van der Waals surface area contributed by atoms with Crippen LogP contribution >= 0.6 is 11.8 Å². The summed E-state index contributed by atoms with van der Waals surface area (Å²) in [6.45, 7) is 7.34. The van der Waals surface area contributed by atoms with Crippen LogP contribution in [0.1, 0.15) is 20.8 Å². The first-order valence-corrected chi connectivity index (χ1v) is 6.33. The fraction of sp³-hybridized carbons (Fsp3) is 0.462. The third-order valence-corrected chi connectivity index (χ3v) is 3.69. The lowest BCUT2D eigenvalue weighted by Gasteiger charge is -2.20. The van der Waals surface area contributed by atoms with Crippen LogP contribution in [0.5, 0.6) is 0 Å². The number of thioether (sulfide) groups is 1. The molecule has 1 fully saturated rings. The standard InChI is InChI=1S/C13H17NOS/c1-13(2,3)14-9-11(14)12(15)16-10-7-5-4-6-8-10/h4-8,11H,9H2,1-3H3. The molecule has 0 radical (unpaired) electrons. The Hall–Kier alpha value is -0.800. The smallest absolute Gasteiger partial charge is 0.212 e. The molecule has 1 heterocycles. The molecular weight excluding hydrogens is 218 g/mol. The maximum atomic E-state index is 12.0. The molecule has 2 nitrogen and oxygen atoms in total. The predicted molar refractivity (Wildman–Crippen MR) is 67.6 cm³/mol. The Kier molecular flexibility index (Phi) is 3.08. The van der Waals surface area contributed by atoms with Crippen LogP contribution in [0, 0.1) is 0 Å². The van der Waals surface area contributed by atoms with Gasteiger partial charge in [-0.1, -0.05) is 30.0 Å². The number of benzene rings is 1. The molecule has 0 N–H and O–H groups in total. The molecule has 0 saturated carbocycles. The molecule has 1 aliphatic heterocycles. The second-order valence-corrected chi connectivity index (χ2v) is 6.15. The molecule has 0 aliphatic carbocycles. The highest BCUT2D eigenvalue weighted by molar-refractivity contribution is 8.13. The number of rotatable bonds is 2. The molecular formula is C13H17NOS. The third-order valence-electron chi connectivity index (χ3n) is 2.71. The molecule has 1 aromatic carbocycles. The number of carbonyl (C=O) groups excluding carboxylic acids is 1. The zero-order valence-electron chi connectivity index (χ0n) is 9.93. The number of hydrogen-bond donors (Lipinski definition) is 0. The molecule has 1 saturated heterocycles. The van der Waals surface area contributed by atoms with Crippen molar-refractivity contribution in [3.05, 3.63) is 30.3 Å². The first-order chi connectivity index (χ1) is 7.48. The van der Waals surface area contributed by atoms with Crippen LogP contribution in [0.15, 0.2) is 35.2 Å². The van der Waals surface area contributed by atoms with Gasteiger partial charge in [0.05, 0.1) is 6.04 Å². The lowest BCUT2D eigenvalue weighted by Crippen LogP contribution is -2.29. The molecule has 1 aromatic rings. The summed E-state index contributed by atoms with van der Waals surface area (Å²) in [5.74, 6) is 0. The summed E-state index contributed by atoms with van der Waals surface area (Å²) in [5, 5.41) is 0.265. The fourth-order valence-corrected chi connectivity index (χ4v) is 2.62. The van der Waals surface area contributed by atoms with Crippen molar-refractivity contribution in [3.63, 3.8) is 0 Å². The molecule has 16 heavy (non-hydrogen) atoms. The van der Waals surface area contributed by atoms with Crippen molar-refractivity contribution >= 4 is 16.9 Å². The Morgan fingerprint density at radius 3 is 2.44 bits per heavy atom. The molecule has 2 unspecified atom stereocenters. The van der Waals surface area contributed by atoms with Crippen molar-refractivity contribution in [2.45, 2.75) is 37.2 Å². The summed E-state index contributed by atoms with van der Waals surface area (Å²) >= 11 is 1.35. The Morgan fingerprint density at radius 1 is 1.31 bits per heavy atom. The molecule has 0 amide bonds. The highest BCUT2D eigenvalue weighted by Crippen LogP contribution is 2.34. The van der Waals surface area contributed by atoms with Gasteiger partial charge in [0.2, 0.25) is 5.12 Å². The molecule has 2 rings (SSSR count). The molecule has 0 spiro atoms. The average Bonchev–Trinajstić information content (AvgIpc) is 2.97. The van der Waals surface area contributed by atoms with Crippen LogP contribution in [-0.4, -0.2) is 28.1 Å². The predicted octanol–water partition coefficient (Wildman–Crippen LogP) is 2.79. The van der Waals surface area contributed by atoms with E-state index in [0.717, 1.165) is 11.4 Å². The van der Waals surface area contributed by atoms with E-state index >= 15 is 0 Å². The van der Waals surface area contributed by atoms with Gasteiger partial charge in [-0.2, -0.15) is 0 Å². The largest absolute Gasteiger partial charge is 0.285 e. The Bertz CT molecular complexity index is 383. The molecule has 3 heteroatoms. The van der Waals surface area contributed by atoms with Gasteiger partial charge in [-0.05, 0) is 32.9 Å². The SMILES string of the molecule is CC(C)(C)N1CC1C(=O)Sc1ccccc1. The van der Waals surface area contributed by atoms with Crippen molar-refractivity contribution in [3.8, 4) is 0 Å². The van der Waals surface area contributed by atoms with E-state index in [1.54, 1.807) is 0 Å². The normalized spacial score (nSPS) is 24.2. The molecule has 2 atom stereocenters. The van der Waals surface area contributed by atoms with Crippen LogP contribution in [0.25, 0.3) is 0 Å². The zero-order valence-corrected chi connectivity index (χ0v) is 10.8. The van der Waals surface area contributed by atoms with Crippen molar-refractivity contribution < 1.29 is 4.79 Å². The van der Waals surface area contributed by atoms with E-state index in [2.05, 4.69) is 25.7 Å². The third kappa shape index (κ3) is 2.66. The minimum Gasteiger partial charge on any atom is -0.285 e. The molecule has 1 aliphatic rings. The number of carbonyl (C=O) groups is 1. The maximum Gasteiger partial charge on any atom is 0.212 e. The van der Waals surface area contributed by atoms with E-state index in [1.807, 2.05) is 30.3 Å². The van der Waals surface area contributed by atoms with E-state index in [0.29, 0.717) is 0 Å². The van der Waals surface area contributed by atoms with Crippen molar-refractivity contribution in [2.75, 3.05) is 6.54 Å². The second-order valence-electron chi connectivity index (χ2n) is 5.07. The first kappa shape index (κ1) is 11.7. The van der Waals surface area contributed by atoms with E-state index in [-0.39, 0.29) is 16.7 Å². The van der Waals surface area contributed by atoms with Crippen LogP contribution in [0.2, 0.25) is 0 Å². The van der Waals surface area contributed by atoms with Crippen LogP contribution in [0.4, 0.5) is 0 Å². The van der Waals surface area contributed by atoms with Crippen molar-refractivity contribution in [1.29, 1.82) is 0 Å². The van der Waals surface area contributed by atoms with E-state index in [9.17, 15) is 4.79 Å². The van der Waals surface area contributed by atoms with Gasteiger partial charge in [0, 0.05) is 17.0 Å². The van der Waals surface area contributed by atoms with Gasteiger partial charge < -0.3 is 0 Å². The lowest BCUT2D eigenvalue weighted by atomic mass is 10.1. The van der Waals surface area contributed by atoms with Crippen LogP contribution in [0.3, 0.4) is 0 Å². The summed E-state index contributed by atoms with van der Waals surface area (Å²) in [5.41, 5.74) is 0.109. The van der Waals surface area contributed by atoms with Crippen LogP contribution < -0.4 is 0 Å². The summed E-state index contributed by atoms with van der Waals surface area (Å²) in [4.78, 5) is 15.2. The number of nitrogens with zero attached hydrogens (tertiary/aromatic N) is 1. The monoisotopic (exact) mass is 235 g/mol. The Labute approximate surface area is 101 Å². The summed E-state index contributed by atoms with van der Waals surface area (Å²) < 4.78 is 0. The van der Waals surface area contributed by atoms with Crippen molar-refractivity contribution in [1.82, 2.24) is 4.90 Å². The Morgan fingerprint density at radius 2 is 1.94 bits per heavy atom. The van der Waals surface area contributed by atoms with Gasteiger partial charge in [-0.25, -0.2) is 0 Å². The van der Waals surface area contributed by atoms with Gasteiger partial charge in [0.15, 0.2) is 0 Å². The van der Waals surface area contributed by atoms with Gasteiger partial charge in [-0.15, -0.1) is 0 Å².